The van der Waals surface area contributed by atoms with Gasteiger partial charge in [0.25, 0.3) is 0 Å². The number of likely N-dealkylation sites (N-methyl/N-ethyl adjacent to an activating group) is 1. The molecular weight excluding hydrogens is 425 g/mol. The summed E-state index contributed by atoms with van der Waals surface area (Å²) in [5, 5.41) is 0. The molecule has 1 heterocycles. The van der Waals surface area contributed by atoms with Crippen LogP contribution in [0.15, 0.2) is 18.2 Å². The third-order valence-corrected chi connectivity index (χ3v) is 2.83. The maximum atomic E-state index is 10.6. The number of fused-ring (bicyclic) bond motifs is 1. The SMILES string of the molecule is CC(Cc1ccc2c(c1)OCO2)N(C)C=O.[CH3][Pb]. The van der Waals surface area contributed by atoms with E-state index in [0.29, 0.717) is 6.79 Å². The Labute approximate surface area is 124 Å². The molecule has 0 bridgehead atoms. The van der Waals surface area contributed by atoms with Crippen molar-refractivity contribution in [1.29, 1.82) is 0 Å². The van der Waals surface area contributed by atoms with E-state index < -0.39 is 0 Å². The zero-order chi connectivity index (χ0) is 13.5. The van der Waals surface area contributed by atoms with Gasteiger partial charge < -0.3 is 14.4 Å². The van der Waals surface area contributed by atoms with E-state index in [-0.39, 0.29) is 6.04 Å². The Kier molecular flexibility index (Phi) is 6.45. The predicted molar refractivity (Wildman–Crippen MR) is 71.2 cm³/mol. The number of carbonyl (C=O) groups excluding carboxylic acids is 1. The Morgan fingerprint density at radius 1 is 1.39 bits per heavy atom. The fourth-order valence-electron chi connectivity index (χ4n) is 1.66. The summed E-state index contributed by atoms with van der Waals surface area (Å²) in [5.74, 6) is 1.58. The molecule has 1 amide bonds. The molecule has 0 fully saturated rings. The minimum absolute atomic E-state index is 0.179. The predicted octanol–water partition coefficient (Wildman–Crippen LogP) is 1.64. The zero-order valence-electron chi connectivity index (χ0n) is 11.0. The second-order valence-electron chi connectivity index (χ2n) is 4.01. The number of amides is 1. The Morgan fingerprint density at radius 3 is 2.72 bits per heavy atom. The van der Waals surface area contributed by atoms with Gasteiger partial charge in [0.2, 0.25) is 13.2 Å². The van der Waals surface area contributed by atoms with Gasteiger partial charge in [0.1, 0.15) is 0 Å². The van der Waals surface area contributed by atoms with Crippen LogP contribution in [-0.4, -0.2) is 57.0 Å². The van der Waals surface area contributed by atoms with E-state index in [0.717, 1.165) is 29.9 Å². The van der Waals surface area contributed by atoms with Gasteiger partial charge in [-0.1, -0.05) is 6.07 Å². The van der Waals surface area contributed by atoms with Gasteiger partial charge in [0.15, 0.2) is 11.5 Å². The summed E-state index contributed by atoms with van der Waals surface area (Å²) in [4.78, 5) is 12.3. The standard InChI is InChI=1S/C12H15NO3.CH3.Pb/c1-9(13(2)7-14)5-10-3-4-11-12(6-10)16-8-15-11;;/h3-4,6-7,9H,5,8H2,1-2H3;1H3;. The second kappa shape index (κ2) is 7.60. The van der Waals surface area contributed by atoms with Gasteiger partial charge in [-0.3, -0.25) is 4.79 Å². The van der Waals surface area contributed by atoms with Crippen molar-refractivity contribution >= 4 is 32.2 Å². The first-order valence-electron chi connectivity index (χ1n) is 5.76. The van der Waals surface area contributed by atoms with Crippen LogP contribution in [-0.2, 0) is 11.2 Å². The monoisotopic (exact) mass is 444 g/mol. The van der Waals surface area contributed by atoms with Gasteiger partial charge in [-0.05, 0) is 31.0 Å². The molecule has 18 heavy (non-hydrogen) atoms. The van der Waals surface area contributed by atoms with Crippen LogP contribution in [0.4, 0.5) is 0 Å². The molecule has 1 aliphatic heterocycles. The summed E-state index contributed by atoms with van der Waals surface area (Å²) < 4.78 is 12.7. The van der Waals surface area contributed by atoms with Crippen molar-refractivity contribution in [3.63, 3.8) is 0 Å². The molecule has 3 radical (unpaired) electrons. The number of rotatable bonds is 4. The van der Waals surface area contributed by atoms with Crippen molar-refractivity contribution in [2.45, 2.75) is 23.9 Å². The number of ether oxygens (including phenoxy) is 2. The summed E-state index contributed by atoms with van der Waals surface area (Å²) in [5.41, 5.74) is 1.14. The number of hydrogen-bond donors (Lipinski definition) is 0. The summed E-state index contributed by atoms with van der Waals surface area (Å²) in [6, 6.07) is 6.06. The van der Waals surface area contributed by atoms with E-state index in [9.17, 15) is 4.79 Å². The van der Waals surface area contributed by atoms with Crippen LogP contribution in [0.2, 0.25) is 4.48 Å². The second-order valence-corrected chi connectivity index (χ2v) is 4.01. The van der Waals surface area contributed by atoms with Crippen LogP contribution in [0.25, 0.3) is 0 Å². The van der Waals surface area contributed by atoms with Gasteiger partial charge in [-0.2, -0.15) is 0 Å². The molecule has 2 rings (SSSR count). The minimum atomic E-state index is 0.179. The molecule has 1 aliphatic rings. The van der Waals surface area contributed by atoms with Crippen LogP contribution < -0.4 is 9.47 Å². The fourth-order valence-corrected chi connectivity index (χ4v) is 1.66. The van der Waals surface area contributed by atoms with Crippen LogP contribution in [0.1, 0.15) is 12.5 Å². The Morgan fingerprint density at radius 2 is 2.06 bits per heavy atom. The number of nitrogens with zero attached hydrogens (tertiary/aromatic N) is 1. The van der Waals surface area contributed by atoms with Gasteiger partial charge in [-0.15, -0.1) is 0 Å². The van der Waals surface area contributed by atoms with Gasteiger partial charge in [0.05, 0.1) is 0 Å². The molecule has 97 valence electrons. The topological polar surface area (TPSA) is 38.8 Å². The summed E-state index contributed by atoms with van der Waals surface area (Å²) in [6.45, 7) is 2.31. The van der Waals surface area contributed by atoms with Crippen LogP contribution >= 0.6 is 0 Å². The van der Waals surface area contributed by atoms with E-state index in [2.05, 4.69) is 4.48 Å². The van der Waals surface area contributed by atoms with Crippen LogP contribution in [0, 0.1) is 0 Å². The van der Waals surface area contributed by atoms with Crippen LogP contribution in [0.5, 0.6) is 11.5 Å². The Hall–Kier alpha value is -0.788. The molecule has 1 unspecified atom stereocenters. The first kappa shape index (κ1) is 15.3. The summed E-state index contributed by atoms with van der Waals surface area (Å²) in [6.07, 6.45) is 1.66. The molecule has 0 aromatic heterocycles. The van der Waals surface area contributed by atoms with E-state index in [1.807, 2.05) is 25.1 Å². The molecule has 1 aromatic carbocycles. The third-order valence-electron chi connectivity index (χ3n) is 2.83. The molecule has 5 heteroatoms. The van der Waals surface area contributed by atoms with E-state index in [4.69, 9.17) is 9.47 Å². The molecule has 0 aliphatic carbocycles. The van der Waals surface area contributed by atoms with Crippen molar-refractivity contribution in [3.8, 4) is 11.5 Å². The normalized spacial score (nSPS) is 13.3. The third kappa shape index (κ3) is 3.86. The first-order valence-corrected chi connectivity index (χ1v) is 9.65. The average molecular weight is 443 g/mol. The van der Waals surface area contributed by atoms with Gasteiger partial charge >= 0.3 is 30.3 Å². The summed E-state index contributed by atoms with van der Waals surface area (Å²) in [7, 11) is 1.78. The first-order chi connectivity index (χ1) is 8.70. The fraction of sp³-hybridized carbons (Fsp3) is 0.462. The Bertz CT molecular complexity index is 398. The van der Waals surface area contributed by atoms with Crippen molar-refractivity contribution in [2.24, 2.45) is 0 Å². The number of carbonyl (C=O) groups is 1. The Balaban J connectivity index is 0.000000771. The molecule has 1 aromatic rings. The van der Waals surface area contributed by atoms with Crippen molar-refractivity contribution in [3.05, 3.63) is 23.8 Å². The average Bonchev–Trinajstić information content (AvgIpc) is 2.87. The van der Waals surface area contributed by atoms with Crippen molar-refractivity contribution in [2.75, 3.05) is 13.8 Å². The summed E-state index contributed by atoms with van der Waals surface area (Å²) >= 11 is 1.31. The van der Waals surface area contributed by atoms with Gasteiger partial charge in [-0.25, -0.2) is 0 Å². The van der Waals surface area contributed by atoms with E-state index in [1.165, 1.54) is 25.8 Å². The molecule has 0 N–H and O–H groups in total. The molecule has 0 spiro atoms. The maximum absolute atomic E-state index is 10.6. The van der Waals surface area contributed by atoms with Gasteiger partial charge in [0, 0.05) is 13.1 Å². The van der Waals surface area contributed by atoms with Crippen molar-refractivity contribution < 1.29 is 14.3 Å². The molecule has 4 nitrogen and oxygen atoms in total. The van der Waals surface area contributed by atoms with E-state index in [1.54, 1.807) is 11.9 Å². The number of hydrogen-bond acceptors (Lipinski definition) is 3. The number of benzene rings is 1. The molecule has 0 saturated carbocycles. The molecule has 1 atom stereocenters. The molecule has 0 saturated heterocycles. The van der Waals surface area contributed by atoms with Crippen molar-refractivity contribution in [1.82, 2.24) is 4.90 Å². The zero-order valence-corrected chi connectivity index (χ0v) is 14.9. The van der Waals surface area contributed by atoms with E-state index >= 15 is 0 Å². The van der Waals surface area contributed by atoms with Crippen LogP contribution in [0.3, 0.4) is 0 Å². The quantitative estimate of drug-likeness (QED) is 0.525. The molecular formula is C13H18NO3Pb.